The van der Waals surface area contributed by atoms with Crippen molar-refractivity contribution in [3.05, 3.63) is 72.1 Å². The smallest absolute Gasteiger partial charge is 0.298 e. The van der Waals surface area contributed by atoms with Crippen LogP contribution in [0.4, 0.5) is 0 Å². The maximum absolute atomic E-state index is 12.3. The van der Waals surface area contributed by atoms with E-state index in [9.17, 15) is 4.79 Å². The summed E-state index contributed by atoms with van der Waals surface area (Å²) in [5, 5.41) is 13.7. The van der Waals surface area contributed by atoms with Crippen LogP contribution in [0.1, 0.15) is 0 Å². The van der Waals surface area contributed by atoms with Crippen molar-refractivity contribution in [2.75, 3.05) is 5.75 Å². The van der Waals surface area contributed by atoms with Gasteiger partial charge in [-0.05, 0) is 24.3 Å². The van der Waals surface area contributed by atoms with Gasteiger partial charge in [-0.2, -0.15) is 0 Å². The first-order valence-electron chi connectivity index (χ1n) is 8.39. The number of pyridine rings is 2. The summed E-state index contributed by atoms with van der Waals surface area (Å²) in [6.45, 7) is 4.90. The highest BCUT2D eigenvalue weighted by atomic mass is 32.2. The molecule has 0 atom stereocenters. The average molecular weight is 379 g/mol. The Balaban J connectivity index is 1.52. The van der Waals surface area contributed by atoms with Crippen LogP contribution in [0.25, 0.3) is 17.0 Å². The van der Waals surface area contributed by atoms with Gasteiger partial charge in [-0.15, -0.1) is 21.9 Å². The predicted molar refractivity (Wildman–Crippen MR) is 104 cm³/mol. The summed E-state index contributed by atoms with van der Waals surface area (Å²) >= 11 is 1.53. The Bertz CT molecular complexity index is 1130. The summed E-state index contributed by atoms with van der Waals surface area (Å²) in [5.41, 5.74) is 1.45. The number of aromatic nitrogens is 7. The van der Waals surface area contributed by atoms with E-state index < -0.39 is 0 Å². The van der Waals surface area contributed by atoms with Crippen LogP contribution in [0.15, 0.2) is 71.5 Å². The highest BCUT2D eigenvalue weighted by Crippen LogP contribution is 2.23. The van der Waals surface area contributed by atoms with Crippen molar-refractivity contribution in [1.29, 1.82) is 0 Å². The summed E-state index contributed by atoms with van der Waals surface area (Å²) in [7, 11) is 0. The lowest BCUT2D eigenvalue weighted by Crippen LogP contribution is -2.22. The predicted octanol–water partition coefficient (Wildman–Crippen LogP) is 2.13. The molecule has 0 aliphatic rings. The minimum atomic E-state index is -0.142. The number of allylic oxidation sites excluding steroid dienone is 1. The van der Waals surface area contributed by atoms with Crippen LogP contribution in [0.3, 0.4) is 0 Å². The van der Waals surface area contributed by atoms with Crippen molar-refractivity contribution in [2.24, 2.45) is 0 Å². The molecule has 0 aliphatic carbocycles. The molecule has 0 N–H and O–H groups in total. The fourth-order valence-electron chi connectivity index (χ4n) is 2.74. The monoisotopic (exact) mass is 379 g/mol. The number of nitrogens with zero attached hydrogens (tertiary/aromatic N) is 7. The molecule has 4 heterocycles. The zero-order chi connectivity index (χ0) is 18.6. The van der Waals surface area contributed by atoms with Crippen molar-refractivity contribution in [1.82, 2.24) is 33.9 Å². The third kappa shape index (κ3) is 3.41. The van der Waals surface area contributed by atoms with E-state index in [0.29, 0.717) is 24.5 Å². The first kappa shape index (κ1) is 17.2. The minimum absolute atomic E-state index is 0.142. The molecule has 0 saturated carbocycles. The van der Waals surface area contributed by atoms with E-state index in [2.05, 4.69) is 26.9 Å². The summed E-state index contributed by atoms with van der Waals surface area (Å²) in [4.78, 5) is 16.4. The molecule has 0 unspecified atom stereocenters. The molecule has 4 rings (SSSR count). The third-order valence-electron chi connectivity index (χ3n) is 3.99. The fourth-order valence-corrected chi connectivity index (χ4v) is 3.60. The molecule has 4 aromatic heterocycles. The van der Waals surface area contributed by atoms with Gasteiger partial charge in [-0.25, -0.2) is 9.48 Å². The van der Waals surface area contributed by atoms with Gasteiger partial charge in [0.25, 0.3) is 0 Å². The lowest BCUT2D eigenvalue weighted by atomic mass is 10.2. The quantitative estimate of drug-likeness (QED) is 0.361. The van der Waals surface area contributed by atoms with Crippen LogP contribution in [0.5, 0.6) is 0 Å². The molecule has 0 aromatic carbocycles. The van der Waals surface area contributed by atoms with E-state index in [0.717, 1.165) is 16.5 Å². The number of hydrogen-bond donors (Lipinski definition) is 0. The molecule has 136 valence electrons. The molecule has 8 nitrogen and oxygen atoms in total. The second kappa shape index (κ2) is 7.58. The Morgan fingerprint density at radius 1 is 1.15 bits per heavy atom. The second-order valence-corrected chi connectivity index (χ2v) is 6.79. The topological polar surface area (TPSA) is 82.9 Å². The van der Waals surface area contributed by atoms with Gasteiger partial charge in [-0.1, -0.05) is 23.9 Å². The first-order chi connectivity index (χ1) is 13.3. The van der Waals surface area contributed by atoms with E-state index in [1.54, 1.807) is 18.6 Å². The van der Waals surface area contributed by atoms with Crippen LogP contribution in [0, 0.1) is 0 Å². The number of thioether (sulfide) groups is 1. The molecule has 0 bridgehead atoms. The second-order valence-electron chi connectivity index (χ2n) is 5.72. The molecule has 9 heteroatoms. The SMILES string of the molecule is C=CCn1c(SCCn2nc3ccccn3c2=O)nnc1-c1ccncc1. The van der Waals surface area contributed by atoms with Gasteiger partial charge in [0, 0.05) is 36.5 Å². The summed E-state index contributed by atoms with van der Waals surface area (Å²) < 4.78 is 5.01. The average Bonchev–Trinajstić information content (AvgIpc) is 3.25. The highest BCUT2D eigenvalue weighted by Gasteiger charge is 2.14. The molecule has 0 radical (unpaired) electrons. The first-order valence-corrected chi connectivity index (χ1v) is 9.38. The van der Waals surface area contributed by atoms with Crippen molar-refractivity contribution in [2.45, 2.75) is 18.2 Å². The van der Waals surface area contributed by atoms with Crippen molar-refractivity contribution < 1.29 is 0 Å². The Kier molecular flexibility index (Phi) is 4.84. The third-order valence-corrected chi connectivity index (χ3v) is 4.94. The maximum Gasteiger partial charge on any atom is 0.350 e. The zero-order valence-electron chi connectivity index (χ0n) is 14.5. The van der Waals surface area contributed by atoms with E-state index in [1.165, 1.54) is 20.8 Å². The summed E-state index contributed by atoms with van der Waals surface area (Å²) in [6.07, 6.45) is 6.98. The Hall–Kier alpha value is -3.20. The molecule has 27 heavy (non-hydrogen) atoms. The van der Waals surface area contributed by atoms with Gasteiger partial charge in [0.1, 0.15) is 0 Å². The van der Waals surface area contributed by atoms with Crippen LogP contribution in [0.2, 0.25) is 0 Å². The number of aryl methyl sites for hydroxylation is 1. The minimum Gasteiger partial charge on any atom is -0.298 e. The molecule has 0 amide bonds. The Labute approximate surface area is 159 Å². The van der Waals surface area contributed by atoms with Crippen LogP contribution < -0.4 is 5.69 Å². The molecular weight excluding hydrogens is 362 g/mol. The number of hydrogen-bond acceptors (Lipinski definition) is 6. The highest BCUT2D eigenvalue weighted by molar-refractivity contribution is 7.99. The van der Waals surface area contributed by atoms with E-state index in [-0.39, 0.29) is 5.69 Å². The van der Waals surface area contributed by atoms with E-state index in [4.69, 9.17) is 0 Å². The Morgan fingerprint density at radius 3 is 2.78 bits per heavy atom. The van der Waals surface area contributed by atoms with Gasteiger partial charge in [0.05, 0.1) is 6.54 Å². The van der Waals surface area contributed by atoms with Crippen molar-refractivity contribution in [3.63, 3.8) is 0 Å². The maximum atomic E-state index is 12.3. The number of fused-ring (bicyclic) bond motifs is 1. The van der Waals surface area contributed by atoms with Gasteiger partial charge in [0.15, 0.2) is 16.6 Å². The molecule has 0 spiro atoms. The molecular formula is C18H17N7OS. The molecule has 4 aromatic rings. The van der Waals surface area contributed by atoms with Crippen molar-refractivity contribution >= 4 is 17.4 Å². The molecule has 0 saturated heterocycles. The summed E-state index contributed by atoms with van der Waals surface area (Å²) in [5.74, 6) is 1.42. The van der Waals surface area contributed by atoms with Gasteiger partial charge < -0.3 is 0 Å². The largest absolute Gasteiger partial charge is 0.350 e. The standard InChI is InChI=1S/C18H17N7OS/c1-2-10-24-16(14-6-8-19-9-7-14)20-21-17(24)27-13-12-25-18(26)23-11-4-3-5-15(23)22-25/h2-9,11H,1,10,12-13H2. The van der Waals surface area contributed by atoms with Gasteiger partial charge >= 0.3 is 5.69 Å². The van der Waals surface area contributed by atoms with E-state index >= 15 is 0 Å². The van der Waals surface area contributed by atoms with Gasteiger partial charge in [0.2, 0.25) is 0 Å². The molecule has 0 aliphatic heterocycles. The molecule has 0 fully saturated rings. The zero-order valence-corrected chi connectivity index (χ0v) is 15.3. The van der Waals surface area contributed by atoms with Gasteiger partial charge in [-0.3, -0.25) is 14.0 Å². The summed E-state index contributed by atoms with van der Waals surface area (Å²) in [6, 6.07) is 9.28. The fraction of sp³-hybridized carbons (Fsp3) is 0.167. The van der Waals surface area contributed by atoms with Crippen molar-refractivity contribution in [3.8, 4) is 11.4 Å². The van der Waals surface area contributed by atoms with Crippen LogP contribution in [-0.2, 0) is 13.1 Å². The lowest BCUT2D eigenvalue weighted by molar-refractivity contribution is 0.637. The van der Waals surface area contributed by atoms with Crippen LogP contribution in [-0.4, -0.2) is 39.7 Å². The lowest BCUT2D eigenvalue weighted by Gasteiger charge is -2.07. The Morgan fingerprint density at radius 2 is 2.00 bits per heavy atom. The number of rotatable bonds is 7. The normalized spacial score (nSPS) is 11.1. The van der Waals surface area contributed by atoms with Crippen LogP contribution >= 0.6 is 11.8 Å². The van der Waals surface area contributed by atoms with E-state index in [1.807, 2.05) is 41.0 Å².